The first-order chi connectivity index (χ1) is 10.6. The summed E-state index contributed by atoms with van der Waals surface area (Å²) in [6.07, 6.45) is 1.99. The molecule has 2 aromatic carbocycles. The van der Waals surface area contributed by atoms with Gasteiger partial charge >= 0.3 is 0 Å². The van der Waals surface area contributed by atoms with Crippen molar-refractivity contribution < 1.29 is 9.59 Å². The van der Waals surface area contributed by atoms with Gasteiger partial charge in [0.1, 0.15) is 0 Å². The van der Waals surface area contributed by atoms with Gasteiger partial charge in [0.25, 0.3) is 5.91 Å². The summed E-state index contributed by atoms with van der Waals surface area (Å²) in [6, 6.07) is 14.5. The maximum absolute atomic E-state index is 11.9. The Kier molecular flexibility index (Phi) is 6.03. The van der Waals surface area contributed by atoms with Crippen molar-refractivity contribution >= 4 is 45.2 Å². The first-order valence-corrected chi connectivity index (χ1v) is 8.58. The molecule has 114 valence electrons. The van der Waals surface area contributed by atoms with Gasteiger partial charge in [-0.2, -0.15) is 0 Å². The lowest BCUT2D eigenvalue weighted by Gasteiger charge is -2.07. The highest BCUT2D eigenvalue weighted by molar-refractivity contribution is 9.10. The van der Waals surface area contributed by atoms with Crippen LogP contribution in [0.15, 0.2) is 57.9 Å². The lowest BCUT2D eigenvalue weighted by Crippen LogP contribution is -2.32. The van der Waals surface area contributed by atoms with E-state index in [2.05, 4.69) is 26.6 Å². The minimum absolute atomic E-state index is 0.0703. The second-order valence-corrected chi connectivity index (χ2v) is 6.26. The van der Waals surface area contributed by atoms with Gasteiger partial charge in [0, 0.05) is 20.6 Å². The SMILES string of the molecule is CSc1ccc(NC(=O)CNC(=O)c2ccc(Br)cc2)cc1. The lowest BCUT2D eigenvalue weighted by atomic mass is 10.2. The molecule has 2 amide bonds. The third-order valence-corrected chi connectivity index (χ3v) is 4.16. The average Bonchev–Trinajstić information content (AvgIpc) is 2.54. The van der Waals surface area contributed by atoms with E-state index in [0.29, 0.717) is 11.3 Å². The number of anilines is 1. The van der Waals surface area contributed by atoms with Crippen molar-refractivity contribution in [3.05, 3.63) is 58.6 Å². The maximum Gasteiger partial charge on any atom is 0.251 e. The van der Waals surface area contributed by atoms with Crippen LogP contribution in [0.4, 0.5) is 5.69 Å². The molecule has 0 bridgehead atoms. The Morgan fingerprint density at radius 3 is 2.27 bits per heavy atom. The Balaban J connectivity index is 1.84. The number of hydrogen-bond donors (Lipinski definition) is 2. The standard InChI is InChI=1S/C16H15BrN2O2S/c1-22-14-8-6-13(7-9-14)19-15(20)10-18-16(21)11-2-4-12(17)5-3-11/h2-9H,10H2,1H3,(H,18,21)(H,19,20). The molecule has 0 spiro atoms. The first kappa shape index (κ1) is 16.6. The van der Waals surface area contributed by atoms with Crippen LogP contribution in [0.3, 0.4) is 0 Å². The van der Waals surface area contributed by atoms with Crippen LogP contribution in [0.1, 0.15) is 10.4 Å². The molecule has 0 fully saturated rings. The van der Waals surface area contributed by atoms with Gasteiger partial charge in [-0.15, -0.1) is 11.8 Å². The van der Waals surface area contributed by atoms with Gasteiger partial charge in [-0.05, 0) is 54.8 Å². The second kappa shape index (κ2) is 8.00. The molecular weight excluding hydrogens is 364 g/mol. The van der Waals surface area contributed by atoms with Gasteiger partial charge in [-0.1, -0.05) is 15.9 Å². The molecule has 0 aromatic heterocycles. The number of nitrogens with one attached hydrogen (secondary N) is 2. The van der Waals surface area contributed by atoms with Crippen LogP contribution in [0, 0.1) is 0 Å². The zero-order valence-electron chi connectivity index (χ0n) is 11.9. The molecule has 0 aliphatic heterocycles. The third kappa shape index (κ3) is 4.89. The fourth-order valence-electron chi connectivity index (χ4n) is 1.74. The molecule has 0 saturated heterocycles. The quantitative estimate of drug-likeness (QED) is 0.782. The van der Waals surface area contributed by atoms with Crippen molar-refractivity contribution in [2.24, 2.45) is 0 Å². The van der Waals surface area contributed by atoms with Crippen molar-refractivity contribution in [3.63, 3.8) is 0 Å². The summed E-state index contributed by atoms with van der Waals surface area (Å²) < 4.78 is 0.899. The molecule has 0 aliphatic rings. The van der Waals surface area contributed by atoms with Crippen LogP contribution in [-0.4, -0.2) is 24.6 Å². The Hall–Kier alpha value is -1.79. The molecule has 0 aliphatic carbocycles. The predicted octanol–water partition coefficient (Wildman–Crippen LogP) is 3.54. The highest BCUT2D eigenvalue weighted by atomic mass is 79.9. The normalized spacial score (nSPS) is 10.1. The largest absolute Gasteiger partial charge is 0.343 e. The highest BCUT2D eigenvalue weighted by Gasteiger charge is 2.08. The predicted molar refractivity (Wildman–Crippen MR) is 93.3 cm³/mol. The van der Waals surface area contributed by atoms with Crippen LogP contribution >= 0.6 is 27.7 Å². The van der Waals surface area contributed by atoms with E-state index in [4.69, 9.17) is 0 Å². The summed E-state index contributed by atoms with van der Waals surface area (Å²) in [6.45, 7) is -0.0703. The molecule has 0 atom stereocenters. The zero-order chi connectivity index (χ0) is 15.9. The van der Waals surface area contributed by atoms with E-state index >= 15 is 0 Å². The van der Waals surface area contributed by atoms with Crippen molar-refractivity contribution in [1.29, 1.82) is 0 Å². The molecule has 2 rings (SSSR count). The minimum atomic E-state index is -0.277. The Bertz CT molecular complexity index is 657. The lowest BCUT2D eigenvalue weighted by molar-refractivity contribution is -0.115. The number of halogens is 1. The van der Waals surface area contributed by atoms with Gasteiger partial charge in [-0.3, -0.25) is 9.59 Å². The molecule has 4 nitrogen and oxygen atoms in total. The molecule has 0 unspecified atom stereocenters. The number of carbonyl (C=O) groups is 2. The summed E-state index contributed by atoms with van der Waals surface area (Å²) in [4.78, 5) is 24.8. The summed E-state index contributed by atoms with van der Waals surface area (Å²) in [5, 5.41) is 5.33. The van der Waals surface area contributed by atoms with Crippen molar-refractivity contribution in [2.45, 2.75) is 4.90 Å². The van der Waals surface area contributed by atoms with E-state index in [1.54, 1.807) is 36.0 Å². The van der Waals surface area contributed by atoms with Gasteiger partial charge in [0.05, 0.1) is 6.54 Å². The van der Waals surface area contributed by atoms with Gasteiger partial charge in [0.2, 0.25) is 5.91 Å². The van der Waals surface area contributed by atoms with Crippen molar-refractivity contribution in [3.8, 4) is 0 Å². The van der Waals surface area contributed by atoms with E-state index in [-0.39, 0.29) is 18.4 Å². The number of thioether (sulfide) groups is 1. The number of hydrogen-bond acceptors (Lipinski definition) is 3. The minimum Gasteiger partial charge on any atom is -0.343 e. The van der Waals surface area contributed by atoms with Gasteiger partial charge in [-0.25, -0.2) is 0 Å². The van der Waals surface area contributed by atoms with E-state index in [1.165, 1.54) is 0 Å². The van der Waals surface area contributed by atoms with Crippen molar-refractivity contribution in [1.82, 2.24) is 5.32 Å². The number of carbonyl (C=O) groups excluding carboxylic acids is 2. The molecular formula is C16H15BrN2O2S. The van der Waals surface area contributed by atoms with Crippen LogP contribution in [0.25, 0.3) is 0 Å². The summed E-state index contributed by atoms with van der Waals surface area (Å²) >= 11 is 4.94. The third-order valence-electron chi connectivity index (χ3n) is 2.89. The highest BCUT2D eigenvalue weighted by Crippen LogP contribution is 2.17. The van der Waals surface area contributed by atoms with Crippen molar-refractivity contribution in [2.75, 3.05) is 18.1 Å². The fourth-order valence-corrected chi connectivity index (χ4v) is 2.42. The summed E-state index contributed by atoms with van der Waals surface area (Å²) in [5.41, 5.74) is 1.22. The van der Waals surface area contributed by atoms with Crippen LogP contribution in [0.2, 0.25) is 0 Å². The topological polar surface area (TPSA) is 58.2 Å². The molecule has 0 saturated carbocycles. The van der Waals surface area contributed by atoms with E-state index in [1.807, 2.05) is 30.5 Å². The molecule has 0 radical (unpaired) electrons. The first-order valence-electron chi connectivity index (χ1n) is 6.56. The number of rotatable bonds is 5. The number of amides is 2. The zero-order valence-corrected chi connectivity index (χ0v) is 14.3. The Morgan fingerprint density at radius 1 is 1.05 bits per heavy atom. The summed E-state index contributed by atoms with van der Waals surface area (Å²) in [5.74, 6) is -0.539. The van der Waals surface area contributed by atoms with E-state index < -0.39 is 0 Å². The Morgan fingerprint density at radius 2 is 1.68 bits per heavy atom. The maximum atomic E-state index is 11.9. The molecule has 6 heteroatoms. The smallest absolute Gasteiger partial charge is 0.251 e. The molecule has 2 aromatic rings. The Labute approximate surface area is 141 Å². The van der Waals surface area contributed by atoms with E-state index in [9.17, 15) is 9.59 Å². The van der Waals surface area contributed by atoms with Gasteiger partial charge < -0.3 is 10.6 Å². The van der Waals surface area contributed by atoms with Gasteiger partial charge in [0.15, 0.2) is 0 Å². The fraction of sp³-hybridized carbons (Fsp3) is 0.125. The van der Waals surface area contributed by atoms with E-state index in [0.717, 1.165) is 9.37 Å². The molecule has 22 heavy (non-hydrogen) atoms. The van der Waals surface area contributed by atoms with Crippen LogP contribution < -0.4 is 10.6 Å². The average molecular weight is 379 g/mol. The molecule has 0 heterocycles. The second-order valence-electron chi connectivity index (χ2n) is 4.47. The monoisotopic (exact) mass is 378 g/mol. The van der Waals surface area contributed by atoms with Crippen LogP contribution in [0.5, 0.6) is 0 Å². The number of benzene rings is 2. The van der Waals surface area contributed by atoms with Crippen LogP contribution in [-0.2, 0) is 4.79 Å². The molecule has 2 N–H and O–H groups in total. The summed E-state index contributed by atoms with van der Waals surface area (Å²) in [7, 11) is 0.